The lowest BCUT2D eigenvalue weighted by molar-refractivity contribution is -0.114. The van der Waals surface area contributed by atoms with Gasteiger partial charge in [0.25, 0.3) is 0 Å². The van der Waals surface area contributed by atoms with Crippen molar-refractivity contribution in [3.8, 4) is 0 Å². The van der Waals surface area contributed by atoms with Crippen LogP contribution in [0.1, 0.15) is 6.92 Å². The molecule has 5 heteroatoms. The highest BCUT2D eigenvalue weighted by atomic mass is 16.1. The summed E-state index contributed by atoms with van der Waals surface area (Å²) in [5.74, 6) is 0.979. The number of hydrogen-bond acceptors (Lipinski definition) is 4. The van der Waals surface area contributed by atoms with Gasteiger partial charge in [0.15, 0.2) is 5.82 Å². The second-order valence-corrected chi connectivity index (χ2v) is 2.22. The van der Waals surface area contributed by atoms with Crippen LogP contribution >= 0.6 is 0 Å². The minimum atomic E-state index is -0.151. The van der Waals surface area contributed by atoms with Gasteiger partial charge in [0.1, 0.15) is 5.82 Å². The van der Waals surface area contributed by atoms with Crippen LogP contribution in [-0.4, -0.2) is 22.9 Å². The molecule has 64 valence electrons. The van der Waals surface area contributed by atoms with Gasteiger partial charge in [-0.2, -0.15) is 0 Å². The SMILES string of the molecule is CNc1cnc(NC(C)=O)cn1. The number of carbonyl (C=O) groups excluding carboxylic acids is 1. The first-order valence-corrected chi connectivity index (χ1v) is 3.50. The summed E-state index contributed by atoms with van der Waals surface area (Å²) in [4.78, 5) is 18.5. The van der Waals surface area contributed by atoms with Crippen molar-refractivity contribution in [3.05, 3.63) is 12.4 Å². The first kappa shape index (κ1) is 8.45. The molecule has 1 aromatic heterocycles. The second kappa shape index (κ2) is 3.66. The topological polar surface area (TPSA) is 66.9 Å². The maximum atomic E-state index is 10.6. The summed E-state index contributed by atoms with van der Waals surface area (Å²) in [6, 6.07) is 0. The van der Waals surface area contributed by atoms with Gasteiger partial charge >= 0.3 is 0 Å². The number of amides is 1. The molecule has 1 aromatic rings. The number of carbonyl (C=O) groups is 1. The summed E-state index contributed by atoms with van der Waals surface area (Å²) in [6.07, 6.45) is 3.04. The summed E-state index contributed by atoms with van der Waals surface area (Å²) in [7, 11) is 1.75. The van der Waals surface area contributed by atoms with Gasteiger partial charge in [0.2, 0.25) is 5.91 Å². The second-order valence-electron chi connectivity index (χ2n) is 2.22. The lowest BCUT2D eigenvalue weighted by Crippen LogP contribution is -2.07. The van der Waals surface area contributed by atoms with E-state index >= 15 is 0 Å². The Morgan fingerprint density at radius 1 is 1.33 bits per heavy atom. The van der Waals surface area contributed by atoms with Gasteiger partial charge < -0.3 is 10.6 Å². The molecule has 0 fully saturated rings. The number of nitrogens with zero attached hydrogens (tertiary/aromatic N) is 2. The maximum absolute atomic E-state index is 10.6. The molecule has 1 rings (SSSR count). The Kier molecular flexibility index (Phi) is 2.57. The first-order valence-electron chi connectivity index (χ1n) is 3.50. The molecule has 0 aliphatic heterocycles. The molecule has 1 heterocycles. The number of hydrogen-bond donors (Lipinski definition) is 2. The van der Waals surface area contributed by atoms with E-state index in [1.54, 1.807) is 13.2 Å². The molecule has 0 atom stereocenters. The van der Waals surface area contributed by atoms with E-state index in [1.807, 2.05) is 0 Å². The van der Waals surface area contributed by atoms with E-state index in [-0.39, 0.29) is 5.91 Å². The minimum absolute atomic E-state index is 0.151. The Balaban J connectivity index is 2.71. The van der Waals surface area contributed by atoms with Gasteiger partial charge in [-0.1, -0.05) is 0 Å². The van der Waals surface area contributed by atoms with Gasteiger partial charge in [-0.15, -0.1) is 0 Å². The molecule has 0 aliphatic rings. The maximum Gasteiger partial charge on any atom is 0.222 e. The lowest BCUT2D eigenvalue weighted by Gasteiger charge is -2.00. The van der Waals surface area contributed by atoms with E-state index in [1.165, 1.54) is 13.1 Å². The van der Waals surface area contributed by atoms with E-state index in [0.717, 1.165) is 0 Å². The molecule has 0 saturated heterocycles. The fourth-order valence-corrected chi connectivity index (χ4v) is 0.702. The van der Waals surface area contributed by atoms with Crippen molar-refractivity contribution < 1.29 is 4.79 Å². The van der Waals surface area contributed by atoms with Gasteiger partial charge in [0.05, 0.1) is 12.4 Å². The predicted octanol–water partition coefficient (Wildman–Crippen LogP) is 0.477. The van der Waals surface area contributed by atoms with Crippen LogP contribution in [0.15, 0.2) is 12.4 Å². The minimum Gasteiger partial charge on any atom is -0.372 e. The Morgan fingerprint density at radius 3 is 2.33 bits per heavy atom. The number of anilines is 2. The van der Waals surface area contributed by atoms with E-state index in [0.29, 0.717) is 11.6 Å². The number of aromatic nitrogens is 2. The van der Waals surface area contributed by atoms with Crippen LogP contribution < -0.4 is 10.6 Å². The molecule has 0 bridgehead atoms. The van der Waals surface area contributed by atoms with Gasteiger partial charge in [-0.05, 0) is 0 Å². The fourth-order valence-electron chi connectivity index (χ4n) is 0.702. The van der Waals surface area contributed by atoms with Crippen molar-refractivity contribution in [1.29, 1.82) is 0 Å². The summed E-state index contributed by atoms with van der Waals surface area (Å²) in [5, 5.41) is 5.34. The van der Waals surface area contributed by atoms with Gasteiger partial charge in [-0.3, -0.25) is 4.79 Å². The average molecular weight is 166 g/mol. The van der Waals surface area contributed by atoms with Crippen LogP contribution in [0.4, 0.5) is 11.6 Å². The molecular weight excluding hydrogens is 156 g/mol. The van der Waals surface area contributed by atoms with E-state index in [9.17, 15) is 4.79 Å². The van der Waals surface area contributed by atoms with Crippen LogP contribution in [-0.2, 0) is 4.79 Å². The number of rotatable bonds is 2. The largest absolute Gasteiger partial charge is 0.372 e. The Labute approximate surface area is 70.2 Å². The van der Waals surface area contributed by atoms with Crippen molar-refractivity contribution in [2.75, 3.05) is 17.7 Å². The third-order valence-corrected chi connectivity index (χ3v) is 1.21. The Bertz CT molecular complexity index is 269. The summed E-state index contributed by atoms with van der Waals surface area (Å²) in [6.45, 7) is 1.42. The molecule has 12 heavy (non-hydrogen) atoms. The van der Waals surface area contributed by atoms with Crippen LogP contribution in [0.25, 0.3) is 0 Å². The van der Waals surface area contributed by atoms with Crippen LogP contribution in [0.3, 0.4) is 0 Å². The highest BCUT2D eigenvalue weighted by molar-refractivity contribution is 5.87. The fraction of sp³-hybridized carbons (Fsp3) is 0.286. The van der Waals surface area contributed by atoms with E-state index in [2.05, 4.69) is 20.6 Å². The molecule has 5 nitrogen and oxygen atoms in total. The molecule has 0 unspecified atom stereocenters. The molecule has 2 N–H and O–H groups in total. The van der Waals surface area contributed by atoms with Crippen molar-refractivity contribution in [3.63, 3.8) is 0 Å². The van der Waals surface area contributed by atoms with Crippen molar-refractivity contribution >= 4 is 17.5 Å². The molecule has 0 aromatic carbocycles. The first-order chi connectivity index (χ1) is 5.72. The van der Waals surface area contributed by atoms with E-state index in [4.69, 9.17) is 0 Å². The van der Waals surface area contributed by atoms with Crippen molar-refractivity contribution in [2.45, 2.75) is 6.92 Å². The summed E-state index contributed by atoms with van der Waals surface area (Å²) in [5.41, 5.74) is 0. The van der Waals surface area contributed by atoms with Crippen LogP contribution in [0.2, 0.25) is 0 Å². The zero-order valence-electron chi connectivity index (χ0n) is 6.96. The molecule has 0 saturated carbocycles. The van der Waals surface area contributed by atoms with Crippen LogP contribution in [0.5, 0.6) is 0 Å². The van der Waals surface area contributed by atoms with Gasteiger partial charge in [-0.25, -0.2) is 9.97 Å². The molecule has 0 spiro atoms. The quantitative estimate of drug-likeness (QED) is 0.670. The normalized spacial score (nSPS) is 9.17. The Morgan fingerprint density at radius 2 is 1.92 bits per heavy atom. The highest BCUT2D eigenvalue weighted by Crippen LogP contribution is 2.03. The van der Waals surface area contributed by atoms with Gasteiger partial charge in [0, 0.05) is 14.0 Å². The summed E-state index contributed by atoms with van der Waals surface area (Å²) >= 11 is 0. The summed E-state index contributed by atoms with van der Waals surface area (Å²) < 4.78 is 0. The zero-order chi connectivity index (χ0) is 8.97. The smallest absolute Gasteiger partial charge is 0.222 e. The van der Waals surface area contributed by atoms with E-state index < -0.39 is 0 Å². The third kappa shape index (κ3) is 2.19. The van der Waals surface area contributed by atoms with Crippen molar-refractivity contribution in [1.82, 2.24) is 9.97 Å². The monoisotopic (exact) mass is 166 g/mol. The van der Waals surface area contributed by atoms with Crippen LogP contribution in [0, 0.1) is 0 Å². The third-order valence-electron chi connectivity index (χ3n) is 1.21. The van der Waals surface area contributed by atoms with Crippen molar-refractivity contribution in [2.24, 2.45) is 0 Å². The predicted molar refractivity (Wildman–Crippen MR) is 45.9 cm³/mol. The molecule has 0 aliphatic carbocycles. The average Bonchev–Trinajstić information content (AvgIpc) is 2.05. The molecule has 1 amide bonds. The molecule has 0 radical (unpaired) electrons. The molecular formula is C7H10N4O. The Hall–Kier alpha value is -1.65. The lowest BCUT2D eigenvalue weighted by atomic mass is 10.6. The number of nitrogens with one attached hydrogen (secondary N) is 2. The standard InChI is InChI=1S/C7H10N4O/c1-5(12)11-7-4-9-6(8-2)3-10-7/h3-4H,1-2H3,(H,8,9)(H,10,11,12). The highest BCUT2D eigenvalue weighted by Gasteiger charge is 1.96. The zero-order valence-corrected chi connectivity index (χ0v) is 6.96.